The predicted octanol–water partition coefficient (Wildman–Crippen LogP) is 2.90. The van der Waals surface area contributed by atoms with Crippen molar-refractivity contribution in [3.05, 3.63) is 33.8 Å². The van der Waals surface area contributed by atoms with Crippen LogP contribution < -0.4 is 0 Å². The molecule has 4 nitrogen and oxygen atoms in total. The average molecular weight is 346 g/mol. The lowest BCUT2D eigenvalue weighted by atomic mass is 9.89. The molecule has 2 rings (SSSR count). The molecule has 6 heteroatoms. The quantitative estimate of drug-likeness (QED) is 0.609. The molecule has 0 spiro atoms. The number of benzene rings is 1. The Morgan fingerprint density at radius 1 is 1.23 bits per heavy atom. The number of hydrogen-bond donors (Lipinski definition) is 1. The van der Waals surface area contributed by atoms with Gasteiger partial charge in [0.25, 0.3) is 0 Å². The zero-order chi connectivity index (χ0) is 15.9. The molecule has 0 bridgehead atoms. The number of halogens is 2. The molecule has 22 heavy (non-hydrogen) atoms. The zero-order valence-electron chi connectivity index (χ0n) is 12.4. The first-order chi connectivity index (χ1) is 10.6. The summed E-state index contributed by atoms with van der Waals surface area (Å²) in [6.45, 7) is 3.67. The summed E-state index contributed by atoms with van der Waals surface area (Å²) in [4.78, 5) is 14.8. The largest absolute Gasteiger partial charge is 0.394 e. The summed E-state index contributed by atoms with van der Waals surface area (Å²) >= 11 is 11.9. The third-order valence-corrected chi connectivity index (χ3v) is 4.69. The fourth-order valence-corrected chi connectivity index (χ4v) is 2.96. The lowest BCUT2D eigenvalue weighted by molar-refractivity contribution is 0.0612. The van der Waals surface area contributed by atoms with Crippen molar-refractivity contribution in [1.29, 1.82) is 0 Å². The molecular formula is C16H21Cl2NO3. The maximum Gasteiger partial charge on any atom is 0.166 e. The first-order valence-corrected chi connectivity index (χ1v) is 8.27. The first-order valence-electron chi connectivity index (χ1n) is 7.52. The standard InChI is InChI=1S/C16H21Cl2NO3/c17-14-2-1-13(11-15(14)18)16(21)12-3-5-19(6-4-12)7-9-22-10-8-20/h1-2,11-12,20H,3-10H2. The minimum atomic E-state index is 0.0480. The number of rotatable bonds is 7. The number of piperidine rings is 1. The van der Waals surface area contributed by atoms with E-state index in [1.807, 2.05) is 0 Å². The molecule has 1 aromatic carbocycles. The van der Waals surface area contributed by atoms with Crippen molar-refractivity contribution in [3.63, 3.8) is 0 Å². The highest BCUT2D eigenvalue weighted by Crippen LogP contribution is 2.26. The van der Waals surface area contributed by atoms with Gasteiger partial charge in [0.15, 0.2) is 5.78 Å². The summed E-state index contributed by atoms with van der Waals surface area (Å²) in [5.41, 5.74) is 0.638. The average Bonchev–Trinajstić information content (AvgIpc) is 2.54. The van der Waals surface area contributed by atoms with Crippen molar-refractivity contribution in [1.82, 2.24) is 4.90 Å². The van der Waals surface area contributed by atoms with E-state index in [9.17, 15) is 4.79 Å². The summed E-state index contributed by atoms with van der Waals surface area (Å²) in [5.74, 6) is 0.196. The molecule has 0 amide bonds. The van der Waals surface area contributed by atoms with E-state index in [1.54, 1.807) is 18.2 Å². The summed E-state index contributed by atoms with van der Waals surface area (Å²) < 4.78 is 5.27. The zero-order valence-corrected chi connectivity index (χ0v) is 13.9. The molecule has 0 saturated carbocycles. The fraction of sp³-hybridized carbons (Fsp3) is 0.562. The molecular weight excluding hydrogens is 325 g/mol. The van der Waals surface area contributed by atoms with E-state index in [4.69, 9.17) is 33.0 Å². The van der Waals surface area contributed by atoms with Crippen molar-refractivity contribution in [3.8, 4) is 0 Å². The monoisotopic (exact) mass is 345 g/mol. The maximum absolute atomic E-state index is 12.5. The van der Waals surface area contributed by atoms with Gasteiger partial charge in [-0.05, 0) is 44.1 Å². The fourth-order valence-electron chi connectivity index (χ4n) is 2.66. The van der Waals surface area contributed by atoms with Crippen LogP contribution in [0.15, 0.2) is 18.2 Å². The molecule has 1 N–H and O–H groups in total. The van der Waals surface area contributed by atoms with Crippen LogP contribution in [0.1, 0.15) is 23.2 Å². The molecule has 0 aliphatic carbocycles. The van der Waals surface area contributed by atoms with E-state index in [0.717, 1.165) is 32.5 Å². The smallest absolute Gasteiger partial charge is 0.166 e. The van der Waals surface area contributed by atoms with Crippen LogP contribution >= 0.6 is 23.2 Å². The Balaban J connectivity index is 1.80. The van der Waals surface area contributed by atoms with Gasteiger partial charge in [-0.25, -0.2) is 0 Å². The molecule has 0 radical (unpaired) electrons. The van der Waals surface area contributed by atoms with Crippen LogP contribution in [0.5, 0.6) is 0 Å². The molecule has 1 heterocycles. The van der Waals surface area contributed by atoms with E-state index < -0.39 is 0 Å². The first kappa shape index (κ1) is 17.7. The van der Waals surface area contributed by atoms with E-state index in [-0.39, 0.29) is 18.3 Å². The summed E-state index contributed by atoms with van der Waals surface area (Å²) in [7, 11) is 0. The Bertz CT molecular complexity index is 502. The topological polar surface area (TPSA) is 49.8 Å². The number of carbonyl (C=O) groups is 1. The van der Waals surface area contributed by atoms with Crippen molar-refractivity contribution < 1.29 is 14.6 Å². The van der Waals surface area contributed by atoms with E-state index in [2.05, 4.69) is 4.90 Å². The second kappa shape index (κ2) is 8.85. The molecule has 1 saturated heterocycles. The van der Waals surface area contributed by atoms with Crippen LogP contribution in [0.4, 0.5) is 0 Å². The SMILES string of the molecule is O=C(c1ccc(Cl)c(Cl)c1)C1CCN(CCOCCO)CC1. The predicted molar refractivity (Wildman–Crippen MR) is 87.9 cm³/mol. The van der Waals surface area contributed by atoms with Crippen LogP contribution in [0, 0.1) is 5.92 Å². The van der Waals surface area contributed by atoms with Gasteiger partial charge >= 0.3 is 0 Å². The van der Waals surface area contributed by atoms with Crippen LogP contribution in [-0.2, 0) is 4.74 Å². The van der Waals surface area contributed by atoms with Gasteiger partial charge in [-0.3, -0.25) is 4.79 Å². The van der Waals surface area contributed by atoms with Crippen LogP contribution in [0.25, 0.3) is 0 Å². The molecule has 122 valence electrons. The van der Waals surface area contributed by atoms with Gasteiger partial charge in [-0.2, -0.15) is 0 Å². The lowest BCUT2D eigenvalue weighted by Crippen LogP contribution is -2.38. The van der Waals surface area contributed by atoms with Gasteiger partial charge in [-0.15, -0.1) is 0 Å². The molecule has 0 unspecified atom stereocenters. The Hall–Kier alpha value is -0.650. The Morgan fingerprint density at radius 2 is 1.95 bits per heavy atom. The van der Waals surface area contributed by atoms with Crippen LogP contribution in [0.3, 0.4) is 0 Å². The Kier molecular flexibility index (Phi) is 7.12. The summed E-state index contributed by atoms with van der Waals surface area (Å²) in [5, 5.41) is 9.54. The minimum Gasteiger partial charge on any atom is -0.394 e. The number of carbonyl (C=O) groups excluding carboxylic acids is 1. The van der Waals surface area contributed by atoms with E-state index in [0.29, 0.717) is 28.8 Å². The number of ether oxygens (including phenoxy) is 1. The van der Waals surface area contributed by atoms with Gasteiger partial charge in [0.1, 0.15) is 0 Å². The van der Waals surface area contributed by atoms with Gasteiger partial charge < -0.3 is 14.7 Å². The minimum absolute atomic E-state index is 0.0480. The molecule has 1 aliphatic heterocycles. The van der Waals surface area contributed by atoms with Crippen molar-refractivity contribution in [2.75, 3.05) is 39.5 Å². The van der Waals surface area contributed by atoms with Gasteiger partial charge in [0, 0.05) is 18.0 Å². The Morgan fingerprint density at radius 3 is 2.59 bits per heavy atom. The molecule has 1 fully saturated rings. The summed E-state index contributed by atoms with van der Waals surface area (Å²) in [6.07, 6.45) is 1.69. The second-order valence-corrected chi connectivity index (χ2v) is 6.26. The third kappa shape index (κ3) is 4.93. The highest BCUT2D eigenvalue weighted by molar-refractivity contribution is 6.42. The van der Waals surface area contributed by atoms with Crippen molar-refractivity contribution in [2.45, 2.75) is 12.8 Å². The lowest BCUT2D eigenvalue weighted by Gasteiger charge is -2.31. The number of ketones is 1. The maximum atomic E-state index is 12.5. The number of aliphatic hydroxyl groups is 1. The number of likely N-dealkylation sites (tertiary alicyclic amines) is 1. The second-order valence-electron chi connectivity index (χ2n) is 5.45. The molecule has 0 atom stereocenters. The third-order valence-electron chi connectivity index (χ3n) is 3.95. The number of aliphatic hydroxyl groups excluding tert-OH is 1. The van der Waals surface area contributed by atoms with E-state index >= 15 is 0 Å². The summed E-state index contributed by atoms with van der Waals surface area (Å²) in [6, 6.07) is 5.07. The van der Waals surface area contributed by atoms with Crippen LogP contribution in [-0.4, -0.2) is 55.2 Å². The highest BCUT2D eigenvalue weighted by Gasteiger charge is 2.25. The number of nitrogens with zero attached hydrogens (tertiary/aromatic N) is 1. The Labute approximate surface area is 141 Å². The molecule has 1 aliphatic rings. The number of Topliss-reactive ketones (excluding diaryl/α,β-unsaturated/α-hetero) is 1. The van der Waals surface area contributed by atoms with Crippen molar-refractivity contribution in [2.24, 2.45) is 5.92 Å². The van der Waals surface area contributed by atoms with Crippen LogP contribution in [0.2, 0.25) is 10.0 Å². The molecule has 1 aromatic rings. The molecule has 0 aromatic heterocycles. The highest BCUT2D eigenvalue weighted by atomic mass is 35.5. The van der Waals surface area contributed by atoms with Gasteiger partial charge in [-0.1, -0.05) is 23.2 Å². The number of hydrogen-bond acceptors (Lipinski definition) is 4. The van der Waals surface area contributed by atoms with Gasteiger partial charge in [0.05, 0.1) is 29.9 Å². The van der Waals surface area contributed by atoms with Gasteiger partial charge in [0.2, 0.25) is 0 Å². The van der Waals surface area contributed by atoms with E-state index in [1.165, 1.54) is 0 Å². The van der Waals surface area contributed by atoms with Crippen molar-refractivity contribution >= 4 is 29.0 Å². The normalized spacial score (nSPS) is 16.9.